The highest BCUT2D eigenvalue weighted by atomic mass is 32.1. The van der Waals surface area contributed by atoms with Gasteiger partial charge in [-0.2, -0.15) is 0 Å². The number of thiophene rings is 1. The summed E-state index contributed by atoms with van der Waals surface area (Å²) in [6.45, 7) is 0. The standard InChI is InChI=1S/C53H31N3O2S/c1-2-11-34-30(10-1)22-23-31-24-25-32(28-41(31)34)51-54-52(33-26-27-47-42(29-33)35-12-4-6-21-46(35)59-47)56-53(55-51)40-17-9-20-45-49(40)39-16-7-15-37(50(39)58-45)36-14-8-19-44-48(36)38-13-3-5-18-43(38)57-44/h1-2,4-12,14-29H,3,13H2. The fourth-order valence-electron chi connectivity index (χ4n) is 9.26. The van der Waals surface area contributed by atoms with Crippen molar-refractivity contribution in [2.45, 2.75) is 12.8 Å². The molecule has 276 valence electrons. The molecule has 4 aromatic heterocycles. The van der Waals surface area contributed by atoms with Gasteiger partial charge in [0.2, 0.25) is 0 Å². The molecule has 8 aromatic carbocycles. The molecule has 0 saturated heterocycles. The fraction of sp³-hybridized carbons (Fsp3) is 0.0377. The second-order valence-corrected chi connectivity index (χ2v) is 16.4. The van der Waals surface area contributed by atoms with E-state index in [0.717, 1.165) is 84.7 Å². The molecule has 0 radical (unpaired) electrons. The molecule has 0 aliphatic heterocycles. The normalized spacial score (nSPS) is 12.9. The van der Waals surface area contributed by atoms with Crippen molar-refractivity contribution in [2.24, 2.45) is 0 Å². The number of benzene rings is 8. The van der Waals surface area contributed by atoms with Crippen LogP contribution in [0, 0.1) is 0 Å². The third kappa shape index (κ3) is 5.00. The van der Waals surface area contributed by atoms with Crippen molar-refractivity contribution in [1.82, 2.24) is 15.0 Å². The summed E-state index contributed by atoms with van der Waals surface area (Å²) in [6.07, 6.45) is 6.24. The first-order valence-electron chi connectivity index (χ1n) is 20.0. The summed E-state index contributed by atoms with van der Waals surface area (Å²) in [5, 5.41) is 10.3. The number of fused-ring (bicyclic) bond motifs is 12. The van der Waals surface area contributed by atoms with Crippen LogP contribution in [0.2, 0.25) is 0 Å². The van der Waals surface area contributed by atoms with Crippen LogP contribution in [0.25, 0.3) is 126 Å². The van der Waals surface area contributed by atoms with Crippen LogP contribution in [0.3, 0.4) is 0 Å². The molecule has 4 heterocycles. The Hall–Kier alpha value is -7.41. The van der Waals surface area contributed by atoms with Crippen molar-refractivity contribution in [3.8, 4) is 45.3 Å². The maximum Gasteiger partial charge on any atom is 0.164 e. The Labute approximate surface area is 341 Å². The van der Waals surface area contributed by atoms with Crippen molar-refractivity contribution < 1.29 is 8.83 Å². The molecule has 0 fully saturated rings. The highest BCUT2D eigenvalue weighted by Crippen LogP contribution is 2.44. The lowest BCUT2D eigenvalue weighted by atomic mass is 9.93. The highest BCUT2D eigenvalue weighted by molar-refractivity contribution is 7.25. The van der Waals surface area contributed by atoms with Crippen LogP contribution in [0.5, 0.6) is 0 Å². The Kier molecular flexibility index (Phi) is 6.94. The van der Waals surface area contributed by atoms with E-state index in [-0.39, 0.29) is 0 Å². The van der Waals surface area contributed by atoms with E-state index < -0.39 is 0 Å². The number of rotatable bonds is 4. The number of aromatic nitrogens is 3. The van der Waals surface area contributed by atoms with E-state index >= 15 is 0 Å². The summed E-state index contributed by atoms with van der Waals surface area (Å²) in [6, 6.07) is 53.5. The number of aryl methyl sites for hydroxylation is 1. The number of nitrogens with zero attached hydrogens (tertiary/aromatic N) is 3. The van der Waals surface area contributed by atoms with E-state index in [0.29, 0.717) is 17.5 Å². The van der Waals surface area contributed by atoms with Crippen LogP contribution in [-0.4, -0.2) is 15.0 Å². The van der Waals surface area contributed by atoms with Gasteiger partial charge in [0.25, 0.3) is 0 Å². The van der Waals surface area contributed by atoms with E-state index in [1.54, 1.807) is 11.3 Å². The predicted molar refractivity (Wildman–Crippen MR) is 244 cm³/mol. The summed E-state index contributed by atoms with van der Waals surface area (Å²) in [7, 11) is 0. The molecule has 5 nitrogen and oxygen atoms in total. The van der Waals surface area contributed by atoms with Gasteiger partial charge in [-0.05, 0) is 88.5 Å². The van der Waals surface area contributed by atoms with Gasteiger partial charge in [0.05, 0.1) is 0 Å². The van der Waals surface area contributed by atoms with Crippen molar-refractivity contribution in [2.75, 3.05) is 0 Å². The van der Waals surface area contributed by atoms with Gasteiger partial charge in [0.15, 0.2) is 17.5 Å². The Morgan fingerprint density at radius 1 is 0.458 bits per heavy atom. The minimum atomic E-state index is 0.592. The van der Waals surface area contributed by atoms with E-state index in [1.165, 1.54) is 41.9 Å². The van der Waals surface area contributed by atoms with Gasteiger partial charge in [-0.1, -0.05) is 115 Å². The van der Waals surface area contributed by atoms with Crippen LogP contribution in [0.1, 0.15) is 17.7 Å². The number of furan rings is 2. The Balaban J connectivity index is 1.05. The molecule has 0 atom stereocenters. The van der Waals surface area contributed by atoms with Crippen LogP contribution in [-0.2, 0) is 6.42 Å². The van der Waals surface area contributed by atoms with Gasteiger partial charge < -0.3 is 8.83 Å². The third-order valence-electron chi connectivity index (χ3n) is 12.0. The molecule has 1 aliphatic rings. The predicted octanol–water partition coefficient (Wildman–Crippen LogP) is 14.8. The molecule has 0 saturated carbocycles. The molecular weight excluding hydrogens is 743 g/mol. The van der Waals surface area contributed by atoms with Crippen molar-refractivity contribution in [3.63, 3.8) is 0 Å². The Morgan fingerprint density at radius 2 is 1.10 bits per heavy atom. The zero-order valence-corrected chi connectivity index (χ0v) is 32.4. The lowest BCUT2D eigenvalue weighted by molar-refractivity contribution is 0.595. The molecule has 12 aromatic rings. The molecule has 0 unspecified atom stereocenters. The number of para-hydroxylation sites is 1. The van der Waals surface area contributed by atoms with Gasteiger partial charge in [0, 0.05) is 64.1 Å². The fourth-order valence-corrected chi connectivity index (χ4v) is 10.3. The first kappa shape index (κ1) is 32.7. The summed E-state index contributed by atoms with van der Waals surface area (Å²) in [5.41, 5.74) is 8.66. The number of allylic oxidation sites excluding steroid dienone is 1. The van der Waals surface area contributed by atoms with E-state index in [1.807, 2.05) is 12.1 Å². The lowest BCUT2D eigenvalue weighted by Gasteiger charge is -2.11. The minimum absolute atomic E-state index is 0.592. The van der Waals surface area contributed by atoms with Crippen LogP contribution in [0.4, 0.5) is 0 Å². The summed E-state index contributed by atoms with van der Waals surface area (Å²) in [4.78, 5) is 15.9. The first-order valence-corrected chi connectivity index (χ1v) is 20.8. The second-order valence-electron chi connectivity index (χ2n) is 15.4. The quantitative estimate of drug-likeness (QED) is 0.167. The molecule has 6 heteroatoms. The van der Waals surface area contributed by atoms with Gasteiger partial charge in [-0.3, -0.25) is 0 Å². The largest absolute Gasteiger partial charge is 0.456 e. The SMILES string of the molecule is C1=Cc2oc3cccc(-c4cccc5c4oc4cccc(-c6nc(-c7ccc8ccc9ccccc9c8c7)nc(-c7ccc8sc9ccccc9c8c7)n6)c45)c3c2CC1. The van der Waals surface area contributed by atoms with Crippen molar-refractivity contribution >= 4 is 92.0 Å². The molecule has 0 bridgehead atoms. The maximum absolute atomic E-state index is 6.85. The Bertz CT molecular complexity index is 3760. The van der Waals surface area contributed by atoms with E-state index in [4.69, 9.17) is 23.8 Å². The van der Waals surface area contributed by atoms with Gasteiger partial charge >= 0.3 is 0 Å². The van der Waals surface area contributed by atoms with Crippen LogP contribution in [0.15, 0.2) is 167 Å². The van der Waals surface area contributed by atoms with Crippen LogP contribution >= 0.6 is 11.3 Å². The number of hydrogen-bond acceptors (Lipinski definition) is 6. The van der Waals surface area contributed by atoms with Crippen LogP contribution < -0.4 is 0 Å². The molecule has 0 spiro atoms. The smallest absolute Gasteiger partial charge is 0.164 e. The first-order chi connectivity index (χ1) is 29.2. The zero-order chi connectivity index (χ0) is 38.6. The van der Waals surface area contributed by atoms with Crippen molar-refractivity contribution in [1.29, 1.82) is 0 Å². The van der Waals surface area contributed by atoms with Gasteiger partial charge in [-0.15, -0.1) is 11.3 Å². The Morgan fingerprint density at radius 3 is 1.98 bits per heavy atom. The molecule has 59 heavy (non-hydrogen) atoms. The summed E-state index contributed by atoms with van der Waals surface area (Å²) < 4.78 is 15.7. The monoisotopic (exact) mass is 773 g/mol. The molecule has 0 amide bonds. The number of hydrogen-bond donors (Lipinski definition) is 0. The van der Waals surface area contributed by atoms with E-state index in [9.17, 15) is 0 Å². The van der Waals surface area contributed by atoms with Gasteiger partial charge in [0.1, 0.15) is 22.5 Å². The summed E-state index contributed by atoms with van der Waals surface area (Å²) in [5.74, 6) is 2.78. The molecule has 1 aliphatic carbocycles. The van der Waals surface area contributed by atoms with Gasteiger partial charge in [-0.25, -0.2) is 15.0 Å². The zero-order valence-electron chi connectivity index (χ0n) is 31.6. The third-order valence-corrected chi connectivity index (χ3v) is 13.2. The average Bonchev–Trinajstić information content (AvgIpc) is 4.00. The minimum Gasteiger partial charge on any atom is -0.456 e. The molecule has 0 N–H and O–H groups in total. The van der Waals surface area contributed by atoms with Crippen molar-refractivity contribution in [3.05, 3.63) is 169 Å². The molecule has 13 rings (SSSR count). The highest BCUT2D eigenvalue weighted by Gasteiger charge is 2.23. The molecular formula is C53H31N3O2S. The maximum atomic E-state index is 6.85. The summed E-state index contributed by atoms with van der Waals surface area (Å²) >= 11 is 1.81. The lowest BCUT2D eigenvalue weighted by Crippen LogP contribution is -2.00. The second kappa shape index (κ2) is 12.5. The van der Waals surface area contributed by atoms with E-state index in [2.05, 4.69) is 152 Å². The topological polar surface area (TPSA) is 65.0 Å². The average molecular weight is 774 g/mol.